The van der Waals surface area contributed by atoms with E-state index in [9.17, 15) is 0 Å². The largest absolute Gasteiger partial charge is 0.486 e. The van der Waals surface area contributed by atoms with Gasteiger partial charge in [-0.15, -0.1) is 0 Å². The first kappa shape index (κ1) is 13.3. The molecule has 1 heterocycles. The van der Waals surface area contributed by atoms with Gasteiger partial charge in [-0.2, -0.15) is 0 Å². The summed E-state index contributed by atoms with van der Waals surface area (Å²) in [5.74, 6) is 1.87. The maximum absolute atomic E-state index is 6.19. The SMILES string of the molecule is COCC(C)CNc1cc2c(cc1Cl)OCCO2. The van der Waals surface area contributed by atoms with Crippen molar-refractivity contribution in [3.63, 3.8) is 0 Å². The predicted molar refractivity (Wildman–Crippen MR) is 72.0 cm³/mol. The van der Waals surface area contributed by atoms with E-state index in [4.69, 9.17) is 25.8 Å². The average molecular weight is 272 g/mol. The Morgan fingerprint density at radius 1 is 1.33 bits per heavy atom. The fourth-order valence-corrected chi connectivity index (χ4v) is 2.05. The molecule has 0 saturated carbocycles. The monoisotopic (exact) mass is 271 g/mol. The zero-order valence-electron chi connectivity index (χ0n) is 10.7. The van der Waals surface area contributed by atoms with Crippen LogP contribution in [0.15, 0.2) is 12.1 Å². The Bertz CT molecular complexity index is 411. The van der Waals surface area contributed by atoms with Crippen molar-refractivity contribution in [2.24, 2.45) is 5.92 Å². The molecule has 0 spiro atoms. The number of anilines is 1. The van der Waals surface area contributed by atoms with Crippen molar-refractivity contribution in [3.05, 3.63) is 17.2 Å². The van der Waals surface area contributed by atoms with Crippen LogP contribution in [0.3, 0.4) is 0 Å². The van der Waals surface area contributed by atoms with Crippen LogP contribution in [-0.4, -0.2) is 33.5 Å². The van der Waals surface area contributed by atoms with Crippen molar-refractivity contribution in [3.8, 4) is 11.5 Å². The summed E-state index contributed by atoms with van der Waals surface area (Å²) in [5.41, 5.74) is 0.865. The Morgan fingerprint density at radius 2 is 2.00 bits per heavy atom. The van der Waals surface area contributed by atoms with Crippen molar-refractivity contribution in [2.45, 2.75) is 6.92 Å². The highest BCUT2D eigenvalue weighted by Gasteiger charge is 2.15. The van der Waals surface area contributed by atoms with Crippen molar-refractivity contribution in [1.82, 2.24) is 0 Å². The lowest BCUT2D eigenvalue weighted by atomic mass is 10.2. The van der Waals surface area contributed by atoms with Crippen LogP contribution in [0.2, 0.25) is 5.02 Å². The summed E-state index contributed by atoms with van der Waals surface area (Å²) in [6, 6.07) is 3.68. The van der Waals surface area contributed by atoms with Gasteiger partial charge >= 0.3 is 0 Å². The molecule has 0 saturated heterocycles. The highest BCUT2D eigenvalue weighted by atomic mass is 35.5. The van der Waals surface area contributed by atoms with Crippen LogP contribution in [0.4, 0.5) is 5.69 Å². The van der Waals surface area contributed by atoms with Gasteiger partial charge in [0.1, 0.15) is 13.2 Å². The van der Waals surface area contributed by atoms with Crippen molar-refractivity contribution in [1.29, 1.82) is 0 Å². The van der Waals surface area contributed by atoms with E-state index in [1.807, 2.05) is 6.07 Å². The van der Waals surface area contributed by atoms with Crippen LogP contribution < -0.4 is 14.8 Å². The third-order valence-corrected chi connectivity index (χ3v) is 3.04. The number of methoxy groups -OCH3 is 1. The molecule has 1 aromatic rings. The third kappa shape index (κ3) is 3.21. The summed E-state index contributed by atoms with van der Waals surface area (Å²) in [7, 11) is 1.70. The van der Waals surface area contributed by atoms with Crippen LogP contribution >= 0.6 is 11.6 Å². The molecule has 0 amide bonds. The number of nitrogens with one attached hydrogen (secondary N) is 1. The number of benzene rings is 1. The lowest BCUT2D eigenvalue weighted by Gasteiger charge is -2.21. The van der Waals surface area contributed by atoms with Gasteiger partial charge in [0, 0.05) is 25.8 Å². The van der Waals surface area contributed by atoms with Gasteiger partial charge in [0.2, 0.25) is 0 Å². The molecular weight excluding hydrogens is 254 g/mol. The predicted octanol–water partition coefficient (Wildman–Crippen LogP) is 2.81. The van der Waals surface area contributed by atoms with Gasteiger partial charge in [-0.3, -0.25) is 0 Å². The van der Waals surface area contributed by atoms with Gasteiger partial charge in [0.25, 0.3) is 0 Å². The molecule has 0 aromatic heterocycles. The summed E-state index contributed by atoms with van der Waals surface area (Å²) in [4.78, 5) is 0. The summed E-state index contributed by atoms with van der Waals surface area (Å²) >= 11 is 6.19. The molecule has 1 unspecified atom stereocenters. The van der Waals surface area contributed by atoms with Gasteiger partial charge in [-0.25, -0.2) is 0 Å². The second kappa shape index (κ2) is 6.16. The molecule has 1 aliphatic rings. The van der Waals surface area contributed by atoms with E-state index >= 15 is 0 Å². The lowest BCUT2D eigenvalue weighted by molar-refractivity contribution is 0.164. The minimum absolute atomic E-state index is 0.416. The number of fused-ring (bicyclic) bond motifs is 1. The Kier molecular flexibility index (Phi) is 4.55. The first-order chi connectivity index (χ1) is 8.70. The highest BCUT2D eigenvalue weighted by Crippen LogP contribution is 2.37. The highest BCUT2D eigenvalue weighted by molar-refractivity contribution is 6.33. The first-order valence-electron chi connectivity index (χ1n) is 6.02. The fourth-order valence-electron chi connectivity index (χ4n) is 1.83. The normalized spacial score (nSPS) is 15.3. The van der Waals surface area contributed by atoms with Crippen LogP contribution in [0.1, 0.15) is 6.92 Å². The minimum Gasteiger partial charge on any atom is -0.486 e. The second-order valence-corrected chi connectivity index (χ2v) is 4.82. The van der Waals surface area contributed by atoms with Crippen LogP contribution in [-0.2, 0) is 4.74 Å². The first-order valence-corrected chi connectivity index (χ1v) is 6.40. The molecule has 0 bridgehead atoms. The zero-order valence-corrected chi connectivity index (χ0v) is 11.4. The van der Waals surface area contributed by atoms with Gasteiger partial charge in [0.15, 0.2) is 11.5 Å². The number of ether oxygens (including phenoxy) is 3. The molecule has 1 N–H and O–H groups in total. The van der Waals surface area contributed by atoms with E-state index < -0.39 is 0 Å². The molecule has 4 nitrogen and oxygen atoms in total. The van der Waals surface area contributed by atoms with Crippen LogP contribution in [0, 0.1) is 5.92 Å². The topological polar surface area (TPSA) is 39.7 Å². The molecule has 0 radical (unpaired) electrons. The fraction of sp³-hybridized carbons (Fsp3) is 0.538. The van der Waals surface area contributed by atoms with Crippen molar-refractivity contribution >= 4 is 17.3 Å². The van der Waals surface area contributed by atoms with E-state index in [-0.39, 0.29) is 0 Å². The standard InChI is InChI=1S/C13H18ClNO3/c1-9(8-16-2)7-15-11-6-13-12(5-10(11)14)17-3-4-18-13/h5-6,9,15H,3-4,7-8H2,1-2H3. The number of hydrogen-bond donors (Lipinski definition) is 1. The zero-order chi connectivity index (χ0) is 13.0. The van der Waals surface area contributed by atoms with Crippen molar-refractivity contribution in [2.75, 3.05) is 38.8 Å². The number of rotatable bonds is 5. The van der Waals surface area contributed by atoms with Gasteiger partial charge in [0.05, 0.1) is 17.3 Å². The lowest BCUT2D eigenvalue weighted by Crippen LogP contribution is -2.17. The van der Waals surface area contributed by atoms with Gasteiger partial charge in [-0.1, -0.05) is 18.5 Å². The Hall–Kier alpha value is -1.13. The van der Waals surface area contributed by atoms with Crippen molar-refractivity contribution < 1.29 is 14.2 Å². The van der Waals surface area contributed by atoms with E-state index in [1.54, 1.807) is 13.2 Å². The molecule has 1 atom stereocenters. The molecule has 5 heteroatoms. The average Bonchev–Trinajstić information content (AvgIpc) is 2.36. The number of halogens is 1. The van der Waals surface area contributed by atoms with Crippen LogP contribution in [0.5, 0.6) is 11.5 Å². The molecule has 1 aliphatic heterocycles. The quantitative estimate of drug-likeness (QED) is 0.894. The molecular formula is C13H18ClNO3. The van der Waals surface area contributed by atoms with E-state index in [2.05, 4.69) is 12.2 Å². The minimum atomic E-state index is 0.416. The molecule has 2 rings (SSSR count). The molecule has 0 aliphatic carbocycles. The van der Waals surface area contributed by atoms with E-state index in [0.29, 0.717) is 29.9 Å². The summed E-state index contributed by atoms with van der Waals surface area (Å²) in [5, 5.41) is 3.94. The maximum Gasteiger partial charge on any atom is 0.163 e. The number of hydrogen-bond acceptors (Lipinski definition) is 4. The molecule has 0 fully saturated rings. The van der Waals surface area contributed by atoms with E-state index in [0.717, 1.165) is 24.6 Å². The smallest absolute Gasteiger partial charge is 0.163 e. The Labute approximate surface area is 112 Å². The van der Waals surface area contributed by atoms with Crippen LogP contribution in [0.25, 0.3) is 0 Å². The van der Waals surface area contributed by atoms with Gasteiger partial charge in [-0.05, 0) is 5.92 Å². The Morgan fingerprint density at radius 3 is 2.67 bits per heavy atom. The maximum atomic E-state index is 6.19. The summed E-state index contributed by atoms with van der Waals surface area (Å²) in [6.07, 6.45) is 0. The molecule has 1 aromatic carbocycles. The van der Waals surface area contributed by atoms with E-state index in [1.165, 1.54) is 0 Å². The van der Waals surface area contributed by atoms with Gasteiger partial charge < -0.3 is 19.5 Å². The second-order valence-electron chi connectivity index (χ2n) is 4.42. The third-order valence-electron chi connectivity index (χ3n) is 2.72. The summed E-state index contributed by atoms with van der Waals surface area (Å²) < 4.78 is 16.1. The Balaban J connectivity index is 2.04. The summed E-state index contributed by atoms with van der Waals surface area (Å²) in [6.45, 7) is 4.78. The molecule has 100 valence electrons. The molecule has 18 heavy (non-hydrogen) atoms.